The minimum atomic E-state index is -0.922. The first-order valence-electron chi connectivity index (χ1n) is 37.0. The van der Waals surface area contributed by atoms with Crippen molar-refractivity contribution < 1.29 is 95.8 Å². The first-order chi connectivity index (χ1) is 56.6. The van der Waals surface area contributed by atoms with E-state index in [0.717, 1.165) is 52.5 Å². The quantitative estimate of drug-likeness (QED) is 0.00674. The van der Waals surface area contributed by atoms with E-state index in [1.165, 1.54) is 99.1 Å². The van der Waals surface area contributed by atoms with Gasteiger partial charge in [-0.2, -0.15) is 0 Å². The van der Waals surface area contributed by atoms with E-state index >= 15 is 0 Å². The van der Waals surface area contributed by atoms with Gasteiger partial charge >= 0.3 is 47.8 Å². The number of carboxylic acids is 2. The lowest BCUT2D eigenvalue weighted by Gasteiger charge is -2.32. The zero-order valence-electron chi connectivity index (χ0n) is 69.2. The lowest BCUT2D eigenvalue weighted by atomic mass is 9.72. The topological polar surface area (TPSA) is 297 Å². The van der Waals surface area contributed by atoms with Gasteiger partial charge in [-0.15, -0.1) is 0 Å². The Morgan fingerprint density at radius 3 is 1.23 bits per heavy atom. The van der Waals surface area contributed by atoms with Crippen LogP contribution in [0, 0.1) is 5.41 Å². The van der Waals surface area contributed by atoms with Crippen LogP contribution in [0.2, 0.25) is 0 Å². The third kappa shape index (κ3) is 69.7. The summed E-state index contributed by atoms with van der Waals surface area (Å²) in [6.07, 6.45) is 49.8. The standard InChI is InChI=1S/C15H16O4.C13H20O.C12H12O2.C11H10O2.C10H10O2.C9H8O2.C8H8O2.C8H12O2.C6H8O2.C6H8O/c1-12(2)15(17)19-11-10-18-14(16)9-8-13-6-4-3-5-7-13;1-10-6-5-9-13(3,4)12(10)8-7-11(2)14;1-2-10-14-12(13)9-8-11-6-4-3-5-7-11;1-2-13-11(12)9-8-10-6-4-3-5-7-10;1-12-10(11)8-7-9-5-3-2-4-6-9;10-9(11)7-6-8-4-2-1-3-5-8;1-7(9)4-5-8-3-2-6-10-8;1-3-5-6-7-8(9)10-4-2;1-2-3-4-5-6(7)8;1-2-3-4-5-6-7/h3-9H,1,10-11H2,2H3;7-8H,5-6,9H2,1-4H3;2-9H,1,10H2;2-9H,1H2;2-8H,1H3;1-7H,(H,10,11);2-6H,1H3;3,5-7H,4H2,1-2H3;2-5H,1H3,(H,7,8);2-6H,1H3/b9-8+;8-7+;2*9-8+;8-7+;7-6+;5-4+;5-3+,7-6+;2*3-2+,5-4+. The van der Waals surface area contributed by atoms with Gasteiger partial charge in [0, 0.05) is 48.1 Å². The van der Waals surface area contributed by atoms with E-state index in [2.05, 4.69) is 54.7 Å². The molecular formula is C98H112O20. The van der Waals surface area contributed by atoms with Gasteiger partial charge in [-0.3, -0.25) is 14.4 Å². The second-order valence-electron chi connectivity index (χ2n) is 23.9. The molecule has 1 aliphatic carbocycles. The second-order valence-corrected chi connectivity index (χ2v) is 23.9. The summed E-state index contributed by atoms with van der Waals surface area (Å²) in [6, 6.07) is 50.9. The minimum Gasteiger partial charge on any atom is -0.478 e. The summed E-state index contributed by atoms with van der Waals surface area (Å²) < 4.78 is 32.9. The lowest BCUT2D eigenvalue weighted by Crippen LogP contribution is -2.19. The van der Waals surface area contributed by atoms with Crippen molar-refractivity contribution >= 4 is 102 Å². The van der Waals surface area contributed by atoms with Crippen LogP contribution >= 0.6 is 0 Å². The molecule has 0 saturated heterocycles. The average Bonchev–Trinajstić information content (AvgIpc) is 0.914. The zero-order valence-corrected chi connectivity index (χ0v) is 69.2. The van der Waals surface area contributed by atoms with Crippen LogP contribution in [0.1, 0.15) is 122 Å². The number of aliphatic carboxylic acids is 2. The van der Waals surface area contributed by atoms with Crippen LogP contribution in [-0.2, 0) is 81.2 Å². The van der Waals surface area contributed by atoms with Crippen molar-refractivity contribution in [2.45, 2.75) is 88.5 Å². The molecular weight excluding hydrogens is 1500 g/mol. The fourth-order valence-electron chi connectivity index (χ4n) is 8.17. The predicted octanol–water partition coefficient (Wildman–Crippen LogP) is 20.6. The number of ether oxygens (including phenoxy) is 6. The number of rotatable bonds is 28. The van der Waals surface area contributed by atoms with Crippen LogP contribution < -0.4 is 0 Å². The molecule has 20 nitrogen and oxygen atoms in total. The number of furan rings is 1. The molecule has 0 atom stereocenters. The molecule has 2 N–H and O–H groups in total. The number of carboxylic acid groups (broad SMARTS) is 2. The minimum absolute atomic E-state index is 0.0244. The van der Waals surface area contributed by atoms with E-state index in [9.17, 15) is 52.7 Å². The third-order valence-electron chi connectivity index (χ3n) is 13.6. The van der Waals surface area contributed by atoms with E-state index in [4.69, 9.17) is 28.8 Å². The van der Waals surface area contributed by atoms with Crippen LogP contribution in [0.5, 0.6) is 0 Å². The summed E-state index contributed by atoms with van der Waals surface area (Å²) in [5, 5.41) is 16.3. The molecule has 1 heterocycles. The first kappa shape index (κ1) is 108. The Balaban J connectivity index is -0.00000126. The molecule has 0 bridgehead atoms. The van der Waals surface area contributed by atoms with Gasteiger partial charge in [0.2, 0.25) is 0 Å². The summed E-state index contributed by atoms with van der Waals surface area (Å²) in [7, 11) is 1.36. The lowest BCUT2D eigenvalue weighted by molar-refractivity contribution is -0.146. The van der Waals surface area contributed by atoms with Crippen LogP contribution in [0.25, 0.3) is 36.5 Å². The maximum absolute atomic E-state index is 11.3. The van der Waals surface area contributed by atoms with E-state index in [-0.39, 0.29) is 54.7 Å². The summed E-state index contributed by atoms with van der Waals surface area (Å²) in [6.45, 7) is 29.6. The summed E-state index contributed by atoms with van der Waals surface area (Å²) in [5.41, 5.74) is 8.10. The number of allylic oxidation sites excluding steroid dienone is 15. The van der Waals surface area contributed by atoms with Crippen LogP contribution in [0.4, 0.5) is 0 Å². The number of ketones is 2. The molecule has 1 aromatic heterocycles. The van der Waals surface area contributed by atoms with Gasteiger partial charge in [-0.1, -0.05) is 258 Å². The fourth-order valence-corrected chi connectivity index (χ4v) is 8.17. The fraction of sp³-hybridized carbons (Fsp3) is 0.194. The predicted molar refractivity (Wildman–Crippen MR) is 472 cm³/mol. The Morgan fingerprint density at radius 2 is 0.856 bits per heavy atom. The Labute approximate surface area is 695 Å². The van der Waals surface area contributed by atoms with Crippen molar-refractivity contribution in [2.75, 3.05) is 33.5 Å². The smallest absolute Gasteiger partial charge is 0.335 e. The molecule has 5 aromatic carbocycles. The maximum atomic E-state index is 11.3. The monoisotopic (exact) mass is 1610 g/mol. The summed E-state index contributed by atoms with van der Waals surface area (Å²) in [4.78, 5) is 116. The molecule has 118 heavy (non-hydrogen) atoms. The number of esters is 6. The number of methoxy groups -OCH3 is 1. The molecule has 20 heteroatoms. The second kappa shape index (κ2) is 74.2. The number of carbonyl (C=O) groups excluding carboxylic acids is 9. The van der Waals surface area contributed by atoms with Crippen molar-refractivity contribution in [3.05, 3.63) is 374 Å². The van der Waals surface area contributed by atoms with Crippen molar-refractivity contribution in [2.24, 2.45) is 5.41 Å². The number of hydrogen-bond acceptors (Lipinski definition) is 18. The number of aldehydes is 1. The highest BCUT2D eigenvalue weighted by Crippen LogP contribution is 2.40. The van der Waals surface area contributed by atoms with Crippen LogP contribution in [0.3, 0.4) is 0 Å². The van der Waals surface area contributed by atoms with Gasteiger partial charge in [-0.25, -0.2) is 38.4 Å². The number of hydrogen-bond donors (Lipinski definition) is 2. The molecule has 6 aromatic rings. The van der Waals surface area contributed by atoms with Crippen molar-refractivity contribution in [1.29, 1.82) is 0 Å². The largest absolute Gasteiger partial charge is 0.478 e. The summed E-state index contributed by atoms with van der Waals surface area (Å²) >= 11 is 0. The van der Waals surface area contributed by atoms with E-state index in [0.29, 0.717) is 17.9 Å². The van der Waals surface area contributed by atoms with Gasteiger partial charge in [0.05, 0.1) is 26.2 Å². The van der Waals surface area contributed by atoms with Crippen molar-refractivity contribution in [1.82, 2.24) is 0 Å². The molecule has 0 fully saturated rings. The van der Waals surface area contributed by atoms with Gasteiger partial charge in [0.15, 0.2) is 11.6 Å². The Bertz CT molecular complexity index is 4340. The van der Waals surface area contributed by atoms with Crippen molar-refractivity contribution in [3.8, 4) is 0 Å². The van der Waals surface area contributed by atoms with E-state index < -0.39 is 29.8 Å². The zero-order chi connectivity index (χ0) is 88.7. The normalized spacial score (nSPS) is 11.7. The SMILES string of the molecule is C/C=C/C=C/C(=O)O.C/C=C/C=C/C(=O)OCC.C/C=C/C=C/C=O.C=C(C)C(=O)OCCOC(=O)/C=C/c1ccccc1.C=CCOC(=O)/C=C/c1ccccc1.C=COC(=O)/C=C/c1ccccc1.CC(=O)/C=C/C1=C(C)CCCC1(C)C.CC(=O)/C=C/c1ccco1.COC(=O)/C=C/c1ccccc1.O=C(O)/C=C/c1ccccc1. The highest BCUT2D eigenvalue weighted by Gasteiger charge is 2.26. The molecule has 0 amide bonds. The average molecular weight is 1610 g/mol. The number of carbonyl (C=O) groups is 11. The summed E-state index contributed by atoms with van der Waals surface area (Å²) in [5.74, 6) is -3.34. The molecule has 0 spiro atoms. The maximum Gasteiger partial charge on any atom is 0.335 e. The molecule has 0 unspecified atom stereocenters. The third-order valence-corrected chi connectivity index (χ3v) is 13.6. The molecule has 1 aliphatic rings. The molecule has 0 aliphatic heterocycles. The Morgan fingerprint density at radius 1 is 0.458 bits per heavy atom. The van der Waals surface area contributed by atoms with Gasteiger partial charge < -0.3 is 43.1 Å². The van der Waals surface area contributed by atoms with E-state index in [1.54, 1.807) is 118 Å². The molecule has 7 rings (SSSR count). The molecule has 0 radical (unpaired) electrons. The Kier molecular flexibility index (Phi) is 67.8. The highest BCUT2D eigenvalue weighted by atomic mass is 16.6. The van der Waals surface area contributed by atoms with Crippen LogP contribution in [0.15, 0.2) is 345 Å². The van der Waals surface area contributed by atoms with Gasteiger partial charge in [0.1, 0.15) is 31.9 Å². The number of benzene rings is 5. The Hall–Kier alpha value is -14.3. The van der Waals surface area contributed by atoms with Crippen molar-refractivity contribution in [3.63, 3.8) is 0 Å². The van der Waals surface area contributed by atoms with Crippen LogP contribution in [-0.4, -0.2) is 109 Å². The van der Waals surface area contributed by atoms with E-state index in [1.807, 2.05) is 191 Å². The van der Waals surface area contributed by atoms with Gasteiger partial charge in [0.25, 0.3) is 0 Å². The molecule has 624 valence electrons. The first-order valence-corrected chi connectivity index (χ1v) is 37.0. The van der Waals surface area contributed by atoms with Gasteiger partial charge in [-0.05, 0) is 180 Å². The molecule has 0 saturated carbocycles. The highest BCUT2D eigenvalue weighted by molar-refractivity contribution is 5.92.